The van der Waals surface area contributed by atoms with Gasteiger partial charge in [0.15, 0.2) is 5.60 Å². The van der Waals surface area contributed by atoms with Crippen molar-refractivity contribution in [2.24, 2.45) is 5.16 Å². The average Bonchev–Trinajstić information content (AvgIpc) is 3.27. The number of aromatic nitrogens is 2. The highest BCUT2D eigenvalue weighted by molar-refractivity contribution is 6.13. The number of pyridine rings is 2. The van der Waals surface area contributed by atoms with E-state index >= 15 is 0 Å². The van der Waals surface area contributed by atoms with Crippen LogP contribution in [0.15, 0.2) is 70.6 Å². The summed E-state index contributed by atoms with van der Waals surface area (Å²) in [4.78, 5) is 30.9. The topological polar surface area (TPSA) is 114 Å². The lowest BCUT2D eigenvalue weighted by molar-refractivity contribution is -0.172. The van der Waals surface area contributed by atoms with Crippen LogP contribution in [0.4, 0.5) is 0 Å². The van der Waals surface area contributed by atoms with Gasteiger partial charge in [0, 0.05) is 28.5 Å². The zero-order chi connectivity index (χ0) is 25.0. The van der Waals surface area contributed by atoms with Gasteiger partial charge in [-0.2, -0.15) is 0 Å². The van der Waals surface area contributed by atoms with E-state index in [4.69, 9.17) is 9.72 Å². The van der Waals surface area contributed by atoms with Crippen molar-refractivity contribution in [2.75, 3.05) is 0 Å². The van der Waals surface area contributed by atoms with Gasteiger partial charge in [-0.25, -0.2) is 9.78 Å². The minimum Gasteiger partial charge on any atom is -0.458 e. The number of rotatable bonds is 4. The molecule has 2 aromatic carbocycles. The Bertz CT molecular complexity index is 1640. The normalized spacial score (nSPS) is 18.5. The molecule has 0 spiro atoms. The molecule has 8 heteroatoms. The first-order chi connectivity index (χ1) is 17.5. The summed E-state index contributed by atoms with van der Waals surface area (Å²) in [7, 11) is 0. The third-order valence-corrected chi connectivity index (χ3v) is 7.22. The quantitative estimate of drug-likeness (QED) is 0.176. The largest absolute Gasteiger partial charge is 0.458 e. The maximum Gasteiger partial charge on any atom is 0.343 e. The Balaban J connectivity index is 1.61. The van der Waals surface area contributed by atoms with Crippen LogP contribution in [0, 0.1) is 0 Å². The van der Waals surface area contributed by atoms with E-state index in [2.05, 4.69) is 5.16 Å². The first-order valence-electron chi connectivity index (χ1n) is 11.8. The van der Waals surface area contributed by atoms with Crippen molar-refractivity contribution >= 4 is 22.6 Å². The average molecular weight is 482 g/mol. The van der Waals surface area contributed by atoms with Crippen molar-refractivity contribution in [3.63, 3.8) is 0 Å². The number of carbonyl (C=O) groups excluding carboxylic acids is 1. The van der Waals surface area contributed by atoms with E-state index in [-0.39, 0.29) is 36.3 Å². The predicted molar refractivity (Wildman–Crippen MR) is 133 cm³/mol. The van der Waals surface area contributed by atoms with Gasteiger partial charge in [0.25, 0.3) is 5.56 Å². The predicted octanol–water partition coefficient (Wildman–Crippen LogP) is 3.50. The molecule has 0 saturated heterocycles. The molecule has 4 heterocycles. The zero-order valence-corrected chi connectivity index (χ0v) is 19.6. The van der Waals surface area contributed by atoms with Crippen molar-refractivity contribution in [3.05, 3.63) is 98.8 Å². The number of aliphatic hydroxyl groups is 1. The summed E-state index contributed by atoms with van der Waals surface area (Å²) in [5, 5.41) is 25.7. The summed E-state index contributed by atoms with van der Waals surface area (Å²) in [6.07, 6.45) is 0.459. The number of para-hydroxylation sites is 1. The Labute approximate surface area is 206 Å². The van der Waals surface area contributed by atoms with Gasteiger partial charge >= 0.3 is 5.97 Å². The fourth-order valence-electron chi connectivity index (χ4n) is 5.32. The molecule has 4 aromatic rings. The Morgan fingerprint density at radius 1 is 1.11 bits per heavy atom. The number of fused-ring (bicyclic) bond motifs is 5. The van der Waals surface area contributed by atoms with Crippen molar-refractivity contribution in [2.45, 2.75) is 38.5 Å². The fourth-order valence-corrected chi connectivity index (χ4v) is 5.32. The smallest absolute Gasteiger partial charge is 0.343 e. The number of hydrogen-bond acceptors (Lipinski definition) is 7. The van der Waals surface area contributed by atoms with Gasteiger partial charge in [-0.1, -0.05) is 60.6 Å². The van der Waals surface area contributed by atoms with Gasteiger partial charge in [0.2, 0.25) is 0 Å². The molecule has 0 aliphatic carbocycles. The fraction of sp³-hybridized carbons (Fsp3) is 0.214. The van der Waals surface area contributed by atoms with Crippen LogP contribution in [0.25, 0.3) is 22.3 Å². The van der Waals surface area contributed by atoms with Crippen molar-refractivity contribution in [1.29, 1.82) is 0 Å². The molecule has 2 aliphatic rings. The number of oxime groups is 1. The van der Waals surface area contributed by atoms with Crippen LogP contribution in [0.2, 0.25) is 0 Å². The van der Waals surface area contributed by atoms with E-state index < -0.39 is 11.6 Å². The lowest BCUT2D eigenvalue weighted by Gasteiger charge is -2.31. The number of benzene rings is 2. The van der Waals surface area contributed by atoms with Crippen LogP contribution in [-0.4, -0.2) is 31.5 Å². The lowest BCUT2D eigenvalue weighted by Crippen LogP contribution is -2.44. The molecule has 2 aliphatic heterocycles. The van der Waals surface area contributed by atoms with Gasteiger partial charge in [-0.3, -0.25) is 4.79 Å². The Morgan fingerprint density at radius 3 is 2.61 bits per heavy atom. The molecular formula is C28H23N3O5. The van der Waals surface area contributed by atoms with E-state index in [1.165, 1.54) is 0 Å². The highest BCUT2D eigenvalue weighted by Crippen LogP contribution is 2.40. The standard InChI is InChI=1S/C28H23N3O5/c1-2-28(34)20-13-23-25-18(14-31(23)26(32)19(20)15-36-27(28)33)24(17-10-6-7-11-21(17)29-25)22(30-35)12-16-8-4-3-5-9-16/h3-11,13,34-35H,2,12,14-15H2,1H3. The summed E-state index contributed by atoms with van der Waals surface area (Å²) in [5.74, 6) is -0.759. The lowest BCUT2D eigenvalue weighted by atomic mass is 9.86. The molecule has 0 saturated carbocycles. The number of cyclic esters (lactones) is 1. The number of esters is 1. The SMILES string of the molecule is CCC1(O)C(=O)OCc2c1cc1n(c2=O)Cc2c-1nc1ccccc1c2C(Cc1ccccc1)=NO. The Morgan fingerprint density at radius 2 is 1.86 bits per heavy atom. The summed E-state index contributed by atoms with van der Waals surface area (Å²) in [6, 6.07) is 19.0. The van der Waals surface area contributed by atoms with Gasteiger partial charge in [0.1, 0.15) is 6.61 Å². The molecule has 36 heavy (non-hydrogen) atoms. The van der Waals surface area contributed by atoms with Crippen LogP contribution in [0.5, 0.6) is 0 Å². The van der Waals surface area contributed by atoms with Gasteiger partial charge in [0.05, 0.1) is 34.7 Å². The molecular weight excluding hydrogens is 458 g/mol. The summed E-state index contributed by atoms with van der Waals surface area (Å²) in [5.41, 5.74) is 2.99. The van der Waals surface area contributed by atoms with Crippen LogP contribution in [-0.2, 0) is 34.7 Å². The Kier molecular flexibility index (Phi) is 5.01. The second-order valence-corrected chi connectivity index (χ2v) is 9.14. The molecule has 0 bridgehead atoms. The highest BCUT2D eigenvalue weighted by Gasteiger charge is 2.45. The highest BCUT2D eigenvalue weighted by atomic mass is 16.6. The molecule has 1 unspecified atom stereocenters. The molecule has 8 nitrogen and oxygen atoms in total. The van der Waals surface area contributed by atoms with Crippen LogP contribution >= 0.6 is 0 Å². The van der Waals surface area contributed by atoms with Crippen molar-refractivity contribution in [1.82, 2.24) is 9.55 Å². The maximum absolute atomic E-state index is 13.6. The number of hydrogen-bond donors (Lipinski definition) is 2. The molecule has 0 fully saturated rings. The monoisotopic (exact) mass is 481 g/mol. The molecule has 0 radical (unpaired) electrons. The first kappa shape index (κ1) is 22.2. The van der Waals surface area contributed by atoms with Crippen molar-refractivity contribution < 1.29 is 19.8 Å². The number of ether oxygens (including phenoxy) is 1. The van der Waals surface area contributed by atoms with Crippen LogP contribution in [0.3, 0.4) is 0 Å². The minimum atomic E-state index is -1.89. The Hall–Kier alpha value is -4.30. The third-order valence-electron chi connectivity index (χ3n) is 7.22. The second kappa shape index (κ2) is 8.13. The third kappa shape index (κ3) is 3.11. The molecule has 6 rings (SSSR count). The van der Waals surface area contributed by atoms with Gasteiger partial charge < -0.3 is 19.6 Å². The van der Waals surface area contributed by atoms with Crippen LogP contribution in [0.1, 0.15) is 41.2 Å². The molecule has 1 atom stereocenters. The summed E-state index contributed by atoms with van der Waals surface area (Å²) >= 11 is 0. The van der Waals surface area contributed by atoms with Crippen molar-refractivity contribution in [3.8, 4) is 11.4 Å². The molecule has 2 N–H and O–H groups in total. The van der Waals surface area contributed by atoms with E-state index in [1.807, 2.05) is 54.6 Å². The number of nitrogens with zero attached hydrogens (tertiary/aromatic N) is 3. The molecule has 0 amide bonds. The summed E-state index contributed by atoms with van der Waals surface area (Å²) < 4.78 is 6.76. The number of carbonyl (C=O) groups is 1. The van der Waals surface area contributed by atoms with E-state index in [1.54, 1.807) is 17.6 Å². The van der Waals surface area contributed by atoms with Gasteiger partial charge in [-0.05, 0) is 24.1 Å². The van der Waals surface area contributed by atoms with E-state index in [0.29, 0.717) is 29.0 Å². The molecule has 2 aromatic heterocycles. The molecule has 180 valence electrons. The van der Waals surface area contributed by atoms with E-state index in [0.717, 1.165) is 22.1 Å². The van der Waals surface area contributed by atoms with E-state index in [9.17, 15) is 19.9 Å². The maximum atomic E-state index is 13.6. The van der Waals surface area contributed by atoms with Crippen LogP contribution < -0.4 is 5.56 Å². The van der Waals surface area contributed by atoms with Gasteiger partial charge in [-0.15, -0.1) is 0 Å². The minimum absolute atomic E-state index is 0.0728. The summed E-state index contributed by atoms with van der Waals surface area (Å²) in [6.45, 7) is 1.70. The second-order valence-electron chi connectivity index (χ2n) is 9.14. The first-order valence-corrected chi connectivity index (χ1v) is 11.8. The zero-order valence-electron chi connectivity index (χ0n) is 19.6.